The number of rotatable bonds is 4. The molecule has 0 fully saturated rings. The van der Waals surface area contributed by atoms with Crippen molar-refractivity contribution in [1.29, 1.82) is 0 Å². The number of aromatic nitrogens is 2. The molecule has 7 heteroatoms. The lowest BCUT2D eigenvalue weighted by Gasteiger charge is -2.09. The van der Waals surface area contributed by atoms with Crippen LogP contribution in [-0.4, -0.2) is 22.7 Å². The standard InChI is InChI=1S/C12H11F3N2O2/c1-2-18-11-7-8-17(16-11)9-3-5-10(6-4-9)19-12(13,14)15/h3-8H,2H2,1H3. The molecule has 0 unspecified atom stereocenters. The maximum Gasteiger partial charge on any atom is 0.573 e. The molecule has 1 heterocycles. The Morgan fingerprint density at radius 3 is 2.42 bits per heavy atom. The van der Waals surface area contributed by atoms with E-state index in [9.17, 15) is 13.2 Å². The van der Waals surface area contributed by atoms with Crippen LogP contribution in [0.1, 0.15) is 6.92 Å². The first-order chi connectivity index (χ1) is 8.98. The van der Waals surface area contributed by atoms with Crippen LogP contribution in [0.25, 0.3) is 5.69 Å². The van der Waals surface area contributed by atoms with Gasteiger partial charge in [0.15, 0.2) is 0 Å². The fourth-order valence-electron chi connectivity index (χ4n) is 1.48. The van der Waals surface area contributed by atoms with Crippen molar-refractivity contribution in [3.63, 3.8) is 0 Å². The highest BCUT2D eigenvalue weighted by atomic mass is 19.4. The minimum absolute atomic E-state index is 0.270. The zero-order valence-electron chi connectivity index (χ0n) is 10.0. The van der Waals surface area contributed by atoms with Crippen molar-refractivity contribution in [2.45, 2.75) is 13.3 Å². The quantitative estimate of drug-likeness (QED) is 0.857. The van der Waals surface area contributed by atoms with Gasteiger partial charge in [-0.1, -0.05) is 0 Å². The first-order valence-corrected chi connectivity index (χ1v) is 5.52. The van der Waals surface area contributed by atoms with Crippen LogP contribution in [0.3, 0.4) is 0 Å². The first kappa shape index (κ1) is 13.3. The van der Waals surface area contributed by atoms with Crippen molar-refractivity contribution < 1.29 is 22.6 Å². The second kappa shape index (κ2) is 5.21. The van der Waals surface area contributed by atoms with Crippen LogP contribution < -0.4 is 9.47 Å². The Balaban J connectivity index is 2.13. The molecule has 0 saturated heterocycles. The van der Waals surface area contributed by atoms with Crippen molar-refractivity contribution in [3.8, 4) is 17.3 Å². The molecule has 2 rings (SSSR count). The average Bonchev–Trinajstić information content (AvgIpc) is 2.77. The summed E-state index contributed by atoms with van der Waals surface area (Å²) in [4.78, 5) is 0. The molecule has 0 aliphatic rings. The number of halogens is 3. The van der Waals surface area contributed by atoms with Gasteiger partial charge in [0, 0.05) is 12.3 Å². The molecule has 19 heavy (non-hydrogen) atoms. The van der Waals surface area contributed by atoms with E-state index >= 15 is 0 Å². The van der Waals surface area contributed by atoms with Crippen LogP contribution in [0.5, 0.6) is 11.6 Å². The summed E-state index contributed by atoms with van der Waals surface area (Å²) in [6.07, 6.45) is -3.03. The third kappa shape index (κ3) is 3.64. The zero-order valence-corrected chi connectivity index (χ0v) is 10.0. The Morgan fingerprint density at radius 2 is 1.84 bits per heavy atom. The predicted molar refractivity (Wildman–Crippen MR) is 61.4 cm³/mol. The number of benzene rings is 1. The summed E-state index contributed by atoms with van der Waals surface area (Å²) in [5, 5.41) is 4.11. The Bertz CT molecular complexity index is 535. The molecule has 0 atom stereocenters. The Labute approximate surface area is 107 Å². The largest absolute Gasteiger partial charge is 0.573 e. The van der Waals surface area contributed by atoms with E-state index in [1.807, 2.05) is 6.92 Å². The molecule has 0 saturated carbocycles. The molecule has 0 N–H and O–H groups in total. The van der Waals surface area contributed by atoms with E-state index in [2.05, 4.69) is 9.84 Å². The molecular weight excluding hydrogens is 261 g/mol. The van der Waals surface area contributed by atoms with Gasteiger partial charge in [-0.15, -0.1) is 18.3 Å². The smallest absolute Gasteiger partial charge is 0.477 e. The number of hydrogen-bond acceptors (Lipinski definition) is 3. The maximum absolute atomic E-state index is 12.0. The van der Waals surface area contributed by atoms with Crippen LogP contribution in [0.4, 0.5) is 13.2 Å². The lowest BCUT2D eigenvalue weighted by Crippen LogP contribution is -2.17. The van der Waals surface area contributed by atoms with Crippen LogP contribution in [0.15, 0.2) is 36.5 Å². The van der Waals surface area contributed by atoms with E-state index in [1.54, 1.807) is 12.3 Å². The Morgan fingerprint density at radius 1 is 1.16 bits per heavy atom. The molecular formula is C12H11F3N2O2. The third-order valence-corrected chi connectivity index (χ3v) is 2.19. The highest BCUT2D eigenvalue weighted by Crippen LogP contribution is 2.23. The van der Waals surface area contributed by atoms with E-state index in [1.165, 1.54) is 28.9 Å². The van der Waals surface area contributed by atoms with Crippen LogP contribution in [0, 0.1) is 0 Å². The van der Waals surface area contributed by atoms with Gasteiger partial charge in [0.2, 0.25) is 5.88 Å². The van der Waals surface area contributed by atoms with Crippen molar-refractivity contribution in [3.05, 3.63) is 36.5 Å². The van der Waals surface area contributed by atoms with Gasteiger partial charge in [0.25, 0.3) is 0 Å². The Hall–Kier alpha value is -2.18. The molecule has 1 aromatic heterocycles. The zero-order chi connectivity index (χ0) is 13.9. The molecule has 0 aliphatic carbocycles. The van der Waals surface area contributed by atoms with Crippen LogP contribution in [0.2, 0.25) is 0 Å². The molecule has 1 aromatic carbocycles. The number of nitrogens with zero attached hydrogens (tertiary/aromatic N) is 2. The van der Waals surface area contributed by atoms with Gasteiger partial charge in [-0.25, -0.2) is 4.68 Å². The van der Waals surface area contributed by atoms with Crippen LogP contribution >= 0.6 is 0 Å². The lowest BCUT2D eigenvalue weighted by molar-refractivity contribution is -0.274. The number of alkyl halides is 3. The normalized spacial score (nSPS) is 11.4. The number of hydrogen-bond donors (Lipinski definition) is 0. The highest BCUT2D eigenvalue weighted by molar-refractivity contribution is 5.37. The van der Waals surface area contributed by atoms with Gasteiger partial charge in [0.05, 0.1) is 12.3 Å². The summed E-state index contributed by atoms with van der Waals surface area (Å²) in [5.74, 6) is 0.187. The lowest BCUT2D eigenvalue weighted by atomic mass is 10.3. The van der Waals surface area contributed by atoms with E-state index in [-0.39, 0.29) is 5.75 Å². The molecule has 4 nitrogen and oxygen atoms in total. The van der Waals surface area contributed by atoms with Crippen LogP contribution in [-0.2, 0) is 0 Å². The molecule has 2 aromatic rings. The molecule has 102 valence electrons. The summed E-state index contributed by atoms with van der Waals surface area (Å²) >= 11 is 0. The summed E-state index contributed by atoms with van der Waals surface area (Å²) < 4.78 is 46.5. The van der Waals surface area contributed by atoms with Gasteiger partial charge in [-0.05, 0) is 31.2 Å². The molecule has 0 spiro atoms. The molecule has 0 bridgehead atoms. The molecule has 0 radical (unpaired) electrons. The number of ether oxygens (including phenoxy) is 2. The van der Waals surface area contributed by atoms with Crippen molar-refractivity contribution in [1.82, 2.24) is 9.78 Å². The minimum Gasteiger partial charge on any atom is -0.477 e. The first-order valence-electron chi connectivity index (χ1n) is 5.52. The summed E-state index contributed by atoms with van der Waals surface area (Å²) in [7, 11) is 0. The molecule has 0 aliphatic heterocycles. The van der Waals surface area contributed by atoms with Gasteiger partial charge < -0.3 is 9.47 Å². The SMILES string of the molecule is CCOc1ccn(-c2ccc(OC(F)(F)F)cc2)n1. The predicted octanol–water partition coefficient (Wildman–Crippen LogP) is 3.17. The van der Waals surface area contributed by atoms with Crippen molar-refractivity contribution in [2.24, 2.45) is 0 Å². The van der Waals surface area contributed by atoms with E-state index < -0.39 is 6.36 Å². The monoisotopic (exact) mass is 272 g/mol. The van der Waals surface area contributed by atoms with Gasteiger partial charge in [-0.2, -0.15) is 0 Å². The summed E-state index contributed by atoms with van der Waals surface area (Å²) in [5.41, 5.74) is 0.612. The fraction of sp³-hybridized carbons (Fsp3) is 0.250. The van der Waals surface area contributed by atoms with Gasteiger partial charge in [0.1, 0.15) is 5.75 Å². The second-order valence-corrected chi connectivity index (χ2v) is 3.57. The second-order valence-electron chi connectivity index (χ2n) is 3.57. The van der Waals surface area contributed by atoms with Crippen molar-refractivity contribution in [2.75, 3.05) is 6.61 Å². The van der Waals surface area contributed by atoms with Gasteiger partial charge in [-0.3, -0.25) is 0 Å². The van der Waals surface area contributed by atoms with Gasteiger partial charge >= 0.3 is 6.36 Å². The van der Waals surface area contributed by atoms with E-state index in [0.717, 1.165) is 0 Å². The molecule has 0 amide bonds. The fourth-order valence-corrected chi connectivity index (χ4v) is 1.48. The summed E-state index contributed by atoms with van der Waals surface area (Å²) in [6.45, 7) is 2.33. The minimum atomic E-state index is -4.69. The maximum atomic E-state index is 12.0. The third-order valence-electron chi connectivity index (χ3n) is 2.19. The average molecular weight is 272 g/mol. The topological polar surface area (TPSA) is 36.3 Å². The van der Waals surface area contributed by atoms with E-state index in [4.69, 9.17) is 4.74 Å². The van der Waals surface area contributed by atoms with E-state index in [0.29, 0.717) is 18.2 Å². The summed E-state index contributed by atoms with van der Waals surface area (Å²) in [6, 6.07) is 7.08. The Kier molecular flexibility index (Phi) is 3.64. The highest BCUT2D eigenvalue weighted by Gasteiger charge is 2.30. The van der Waals surface area contributed by atoms with Crippen molar-refractivity contribution >= 4 is 0 Å².